The Kier molecular flexibility index (Phi) is 12.0. The fraction of sp³-hybridized carbons (Fsp3) is 0.477. The largest absolute Gasteiger partial charge is 0.462 e. The molecule has 1 aliphatic carbocycles. The number of carbonyl (C=O) groups excluding carboxylic acids is 2. The Morgan fingerprint density at radius 3 is 2.28 bits per heavy atom. The van der Waals surface area contributed by atoms with Crippen LogP contribution in [-0.2, 0) is 68.7 Å². The molecule has 1 fully saturated rings. The van der Waals surface area contributed by atoms with Crippen LogP contribution in [-0.4, -0.2) is 72.2 Å². The average Bonchev–Trinajstić information content (AvgIpc) is 3.66. The van der Waals surface area contributed by atoms with Crippen molar-refractivity contribution in [2.45, 2.75) is 102 Å². The molecule has 2 N–H and O–H groups in total. The van der Waals surface area contributed by atoms with Crippen LogP contribution >= 0.6 is 0 Å². The second kappa shape index (κ2) is 18.4. The summed E-state index contributed by atoms with van der Waals surface area (Å²) in [6.07, 6.45) is 11.5. The number of fused-ring (bicyclic) bond motifs is 2. The Balaban J connectivity index is 0.791. The van der Waals surface area contributed by atoms with E-state index in [2.05, 4.69) is 55.4 Å². The number of nitrogens with one attached hydrogen (secondary N) is 2. The highest BCUT2D eigenvalue weighted by Gasteiger charge is 2.44. The van der Waals surface area contributed by atoms with Crippen molar-refractivity contribution < 1.29 is 28.2 Å². The first-order valence-electron chi connectivity index (χ1n) is 21.3. The lowest BCUT2D eigenvalue weighted by Crippen LogP contribution is -2.29. The second-order valence-electron chi connectivity index (χ2n) is 16.1. The third-order valence-electron chi connectivity index (χ3n) is 11.7. The Morgan fingerprint density at radius 1 is 0.833 bits per heavy atom. The standard InChI is InChI=1S/C44H50N10O6/c55-39(24-31-23-35(31)44-51-50-38(59-44)15-5-13-34-19-17-30-11-7-21-46-43(30)48-34)60-40(56)25-32(22-28-8-2-1-3-9-28)41(36-26-57-27-58-36)54-52-37(49-53-54)14-4-12-33-18-16-29-10-6-20-45-42(29)47-33/h1-3,8-9,16-19,26,31-32,35,41H,4-7,10-15,20-25,27H2,(H,45,47)(H,46,48). The summed E-state index contributed by atoms with van der Waals surface area (Å²) >= 11 is 0. The minimum Gasteiger partial charge on any atom is -0.462 e. The van der Waals surface area contributed by atoms with Crippen molar-refractivity contribution in [3.8, 4) is 0 Å². The first kappa shape index (κ1) is 39.3. The van der Waals surface area contributed by atoms with E-state index in [0.29, 0.717) is 49.0 Å². The number of rotatable bonds is 18. The Hall–Kier alpha value is -6.19. The number of hydrogen-bond acceptors (Lipinski definition) is 15. The van der Waals surface area contributed by atoms with Crippen LogP contribution < -0.4 is 10.6 Å². The topological polar surface area (TPSA) is 194 Å². The molecule has 0 amide bonds. The summed E-state index contributed by atoms with van der Waals surface area (Å²) in [7, 11) is 0. The first-order valence-corrected chi connectivity index (χ1v) is 21.3. The van der Waals surface area contributed by atoms with Crippen molar-refractivity contribution in [3.63, 3.8) is 0 Å². The molecule has 0 saturated heterocycles. The first-order chi connectivity index (χ1) is 29.5. The quantitative estimate of drug-likeness (QED) is 0.0794. The zero-order chi connectivity index (χ0) is 40.7. The normalized spacial score (nSPS) is 18.7. The van der Waals surface area contributed by atoms with Crippen LogP contribution in [0.1, 0.15) is 103 Å². The van der Waals surface area contributed by atoms with E-state index < -0.39 is 23.9 Å². The lowest BCUT2D eigenvalue weighted by molar-refractivity contribution is -0.160. The van der Waals surface area contributed by atoms with Gasteiger partial charge in [0, 0.05) is 55.6 Å². The molecule has 1 saturated carbocycles. The van der Waals surface area contributed by atoms with Crippen molar-refractivity contribution in [2.75, 3.05) is 30.5 Å². The van der Waals surface area contributed by atoms with Gasteiger partial charge in [-0.15, -0.1) is 20.4 Å². The van der Waals surface area contributed by atoms with Gasteiger partial charge in [-0.3, -0.25) is 9.59 Å². The van der Waals surface area contributed by atoms with Gasteiger partial charge in [0.2, 0.25) is 18.6 Å². The third-order valence-corrected chi connectivity index (χ3v) is 11.7. The van der Waals surface area contributed by atoms with Gasteiger partial charge >= 0.3 is 11.9 Å². The molecule has 16 heteroatoms. The van der Waals surface area contributed by atoms with Crippen molar-refractivity contribution >= 4 is 23.6 Å². The monoisotopic (exact) mass is 814 g/mol. The molecule has 4 atom stereocenters. The summed E-state index contributed by atoms with van der Waals surface area (Å²) in [6, 6.07) is 17.7. The van der Waals surface area contributed by atoms with Crippen molar-refractivity contribution in [3.05, 3.63) is 112 Å². The fourth-order valence-electron chi connectivity index (χ4n) is 8.42. The Morgan fingerprint density at radius 2 is 1.57 bits per heavy atom. The maximum atomic E-state index is 13.5. The molecule has 9 rings (SSSR count). The van der Waals surface area contributed by atoms with Gasteiger partial charge in [0.15, 0.2) is 11.6 Å². The number of anilines is 2. The summed E-state index contributed by atoms with van der Waals surface area (Å²) in [4.78, 5) is 37.8. The molecule has 5 aromatic rings. The predicted molar refractivity (Wildman–Crippen MR) is 217 cm³/mol. The number of aromatic nitrogens is 8. The molecule has 312 valence electrons. The molecule has 16 nitrogen and oxygen atoms in total. The van der Waals surface area contributed by atoms with Gasteiger partial charge < -0.3 is 29.3 Å². The number of hydrogen-bond donors (Lipinski definition) is 2. The summed E-state index contributed by atoms with van der Waals surface area (Å²) in [5.41, 5.74) is 5.59. The Bertz CT molecular complexity index is 2310. The van der Waals surface area contributed by atoms with E-state index in [1.54, 1.807) is 0 Å². The highest BCUT2D eigenvalue weighted by atomic mass is 16.7. The number of ether oxygens (including phenoxy) is 3. The van der Waals surface area contributed by atoms with E-state index in [1.165, 1.54) is 22.2 Å². The number of aryl methyl sites for hydroxylation is 6. The number of allylic oxidation sites excluding steroid dienone is 1. The van der Waals surface area contributed by atoms with Gasteiger partial charge in [-0.25, -0.2) is 9.97 Å². The molecule has 3 aliphatic heterocycles. The second-order valence-corrected chi connectivity index (χ2v) is 16.1. The highest BCUT2D eigenvalue weighted by molar-refractivity contribution is 5.86. The summed E-state index contributed by atoms with van der Waals surface area (Å²) in [5, 5.41) is 28.9. The van der Waals surface area contributed by atoms with Crippen molar-refractivity contribution in [1.29, 1.82) is 0 Å². The lowest BCUT2D eigenvalue weighted by atomic mass is 9.88. The maximum Gasteiger partial charge on any atom is 0.313 e. The van der Waals surface area contributed by atoms with Gasteiger partial charge in [-0.2, -0.15) is 4.80 Å². The van der Waals surface area contributed by atoms with Crippen LogP contribution in [0, 0.1) is 11.8 Å². The summed E-state index contributed by atoms with van der Waals surface area (Å²) in [6.45, 7) is 1.94. The van der Waals surface area contributed by atoms with E-state index >= 15 is 0 Å². The molecule has 0 radical (unpaired) electrons. The number of carbonyl (C=O) groups is 2. The number of nitrogens with zero attached hydrogens (tertiary/aromatic N) is 8. The number of pyridine rings is 2. The molecule has 1 aromatic carbocycles. The number of tetrazole rings is 1. The van der Waals surface area contributed by atoms with Gasteiger partial charge in [-0.1, -0.05) is 42.5 Å². The molecule has 60 heavy (non-hydrogen) atoms. The third kappa shape index (κ3) is 9.80. The summed E-state index contributed by atoms with van der Waals surface area (Å²) < 4.78 is 22.8. The van der Waals surface area contributed by atoms with E-state index in [0.717, 1.165) is 93.0 Å². The van der Waals surface area contributed by atoms with Crippen molar-refractivity contribution in [2.24, 2.45) is 11.8 Å². The van der Waals surface area contributed by atoms with E-state index in [1.807, 2.05) is 30.3 Å². The lowest BCUT2D eigenvalue weighted by Gasteiger charge is -2.25. The zero-order valence-corrected chi connectivity index (χ0v) is 33.6. The van der Waals surface area contributed by atoms with Gasteiger partial charge in [0.25, 0.3) is 0 Å². The molecular formula is C44H50N10O6. The minimum absolute atomic E-state index is 0.0334. The Labute approximate surface area is 347 Å². The SMILES string of the molecule is O=C(CC1CC1c1nnc(CCCc2ccc3c(n2)NCCC3)o1)OC(=O)CC(Cc1ccccc1)C(C1=COCO1)n1nnc(CCCc2ccc3c(n2)NCCC3)n1. The van der Waals surface area contributed by atoms with Gasteiger partial charge in [0.1, 0.15) is 23.9 Å². The molecule has 4 aliphatic rings. The number of esters is 2. The average molecular weight is 815 g/mol. The molecule has 0 bridgehead atoms. The van der Waals surface area contributed by atoms with Crippen LogP contribution in [0.2, 0.25) is 0 Å². The predicted octanol–water partition coefficient (Wildman–Crippen LogP) is 5.81. The van der Waals surface area contributed by atoms with Crippen LogP contribution in [0.15, 0.2) is 71.0 Å². The van der Waals surface area contributed by atoms with Crippen LogP contribution in [0.5, 0.6) is 0 Å². The van der Waals surface area contributed by atoms with Crippen molar-refractivity contribution in [1.82, 2.24) is 40.4 Å². The minimum atomic E-state index is -0.643. The van der Waals surface area contributed by atoms with Crippen LogP contribution in [0.3, 0.4) is 0 Å². The molecule has 4 aromatic heterocycles. The van der Waals surface area contributed by atoms with E-state index in [9.17, 15) is 9.59 Å². The van der Waals surface area contributed by atoms with Crippen LogP contribution in [0.25, 0.3) is 0 Å². The highest BCUT2D eigenvalue weighted by Crippen LogP contribution is 2.49. The summed E-state index contributed by atoms with van der Waals surface area (Å²) in [5.74, 6) is 2.36. The van der Waals surface area contributed by atoms with Crippen LogP contribution in [0.4, 0.5) is 11.6 Å². The van der Waals surface area contributed by atoms with Gasteiger partial charge in [-0.05, 0) is 104 Å². The van der Waals surface area contributed by atoms with Gasteiger partial charge in [0.05, 0.1) is 6.42 Å². The van der Waals surface area contributed by atoms with E-state index in [4.69, 9.17) is 33.7 Å². The molecule has 4 unspecified atom stereocenters. The zero-order valence-electron chi connectivity index (χ0n) is 33.6. The fourth-order valence-corrected chi connectivity index (χ4v) is 8.42. The maximum absolute atomic E-state index is 13.5. The molecule has 0 spiro atoms. The molecular weight excluding hydrogens is 765 g/mol. The van der Waals surface area contributed by atoms with E-state index in [-0.39, 0.29) is 31.5 Å². The smallest absolute Gasteiger partial charge is 0.313 e. The number of benzene rings is 1. The molecule has 7 heterocycles.